The van der Waals surface area contributed by atoms with Gasteiger partial charge in [0.25, 0.3) is 5.91 Å². The number of esters is 1. The van der Waals surface area contributed by atoms with Gasteiger partial charge >= 0.3 is 5.97 Å². The molecule has 0 spiro atoms. The molecule has 1 amide bonds. The van der Waals surface area contributed by atoms with Crippen LogP contribution in [0.4, 0.5) is 0 Å². The molecule has 6 heteroatoms. The summed E-state index contributed by atoms with van der Waals surface area (Å²) in [6.07, 6.45) is 0. The Balaban J connectivity index is 1.82. The van der Waals surface area contributed by atoms with Crippen LogP contribution in [-0.2, 0) is 9.53 Å². The summed E-state index contributed by atoms with van der Waals surface area (Å²) >= 11 is 0. The number of amides is 1. The Morgan fingerprint density at radius 2 is 1.67 bits per heavy atom. The van der Waals surface area contributed by atoms with Crippen molar-refractivity contribution in [3.05, 3.63) is 65.2 Å². The first-order valence-corrected chi connectivity index (χ1v) is 8.62. The molecule has 0 unspecified atom stereocenters. The number of Topliss-reactive ketones (excluding diaryl/α,β-unsaturated/α-hetero) is 1. The van der Waals surface area contributed by atoms with Crippen molar-refractivity contribution in [2.24, 2.45) is 0 Å². The number of ether oxygens (including phenoxy) is 2. The van der Waals surface area contributed by atoms with Crippen LogP contribution in [0.1, 0.15) is 46.0 Å². The number of hydrogen-bond acceptors (Lipinski definition) is 5. The lowest BCUT2D eigenvalue weighted by Gasteiger charge is -2.09. The van der Waals surface area contributed by atoms with Crippen molar-refractivity contribution in [2.45, 2.75) is 19.8 Å². The minimum Gasteiger partial charge on any atom is -0.496 e. The molecular weight excluding hydrogens is 346 g/mol. The number of nitrogens with one attached hydrogen (secondary N) is 1. The van der Waals surface area contributed by atoms with Crippen molar-refractivity contribution < 1.29 is 23.9 Å². The third-order valence-corrected chi connectivity index (χ3v) is 4.01. The van der Waals surface area contributed by atoms with Gasteiger partial charge in [0.1, 0.15) is 12.3 Å². The normalized spacial score (nSPS) is 10.4. The molecule has 0 aliphatic heterocycles. The largest absolute Gasteiger partial charge is 0.496 e. The minimum atomic E-state index is -0.689. The second-order valence-corrected chi connectivity index (χ2v) is 6.24. The van der Waals surface area contributed by atoms with Crippen LogP contribution in [0.25, 0.3) is 0 Å². The molecule has 0 aromatic heterocycles. The Morgan fingerprint density at radius 1 is 1.00 bits per heavy atom. The predicted octanol–water partition coefficient (Wildman–Crippen LogP) is 2.97. The highest BCUT2D eigenvalue weighted by molar-refractivity contribution is 5.99. The Kier molecular flexibility index (Phi) is 7.11. The molecule has 27 heavy (non-hydrogen) atoms. The maximum absolute atomic E-state index is 12.1. The zero-order chi connectivity index (χ0) is 19.8. The van der Waals surface area contributed by atoms with Crippen molar-refractivity contribution in [3.63, 3.8) is 0 Å². The SMILES string of the molecule is COc1ccccc1C(=O)NCC(=O)OCC(=O)c1ccc(C(C)C)cc1. The van der Waals surface area contributed by atoms with Crippen molar-refractivity contribution in [2.75, 3.05) is 20.3 Å². The van der Waals surface area contributed by atoms with Crippen molar-refractivity contribution in [1.29, 1.82) is 0 Å². The number of hydrogen-bond donors (Lipinski definition) is 1. The molecule has 0 radical (unpaired) electrons. The maximum atomic E-state index is 12.1. The van der Waals surface area contributed by atoms with Gasteiger partial charge in [0.15, 0.2) is 12.4 Å². The summed E-state index contributed by atoms with van der Waals surface area (Å²) in [4.78, 5) is 36.0. The van der Waals surface area contributed by atoms with E-state index in [1.807, 2.05) is 12.1 Å². The summed E-state index contributed by atoms with van der Waals surface area (Å²) in [6.45, 7) is 3.43. The van der Waals surface area contributed by atoms with E-state index in [1.54, 1.807) is 36.4 Å². The minimum absolute atomic E-state index is 0.297. The van der Waals surface area contributed by atoms with Crippen molar-refractivity contribution in [3.8, 4) is 5.75 Å². The second kappa shape index (κ2) is 9.52. The second-order valence-electron chi connectivity index (χ2n) is 6.24. The lowest BCUT2D eigenvalue weighted by molar-refractivity contribution is -0.141. The average molecular weight is 369 g/mol. The van der Waals surface area contributed by atoms with Gasteiger partial charge in [-0.15, -0.1) is 0 Å². The molecule has 0 fully saturated rings. The van der Waals surface area contributed by atoms with Gasteiger partial charge < -0.3 is 14.8 Å². The number of para-hydroxylation sites is 1. The summed E-state index contributed by atoms with van der Waals surface area (Å²) in [5.74, 6) is -0.665. The number of carbonyl (C=O) groups is 3. The molecule has 0 bridgehead atoms. The molecule has 142 valence electrons. The molecule has 1 N–H and O–H groups in total. The number of methoxy groups -OCH3 is 1. The van der Waals surface area contributed by atoms with E-state index in [-0.39, 0.29) is 18.9 Å². The van der Waals surface area contributed by atoms with Gasteiger partial charge in [-0.3, -0.25) is 14.4 Å². The maximum Gasteiger partial charge on any atom is 0.325 e. The molecule has 6 nitrogen and oxygen atoms in total. The van der Waals surface area contributed by atoms with Crippen LogP contribution >= 0.6 is 0 Å². The van der Waals surface area contributed by atoms with E-state index in [0.29, 0.717) is 22.8 Å². The Hall–Kier alpha value is -3.15. The van der Waals surface area contributed by atoms with E-state index in [2.05, 4.69) is 19.2 Å². The molecule has 2 rings (SSSR count). The molecule has 0 aliphatic carbocycles. The van der Waals surface area contributed by atoms with Crippen LogP contribution in [0.2, 0.25) is 0 Å². The Morgan fingerprint density at radius 3 is 2.30 bits per heavy atom. The van der Waals surface area contributed by atoms with Gasteiger partial charge in [0, 0.05) is 5.56 Å². The molecule has 0 aliphatic rings. The van der Waals surface area contributed by atoms with E-state index >= 15 is 0 Å². The monoisotopic (exact) mass is 369 g/mol. The average Bonchev–Trinajstić information content (AvgIpc) is 2.70. The van der Waals surface area contributed by atoms with Crippen LogP contribution < -0.4 is 10.1 Å². The zero-order valence-electron chi connectivity index (χ0n) is 15.7. The van der Waals surface area contributed by atoms with E-state index in [4.69, 9.17) is 9.47 Å². The highest BCUT2D eigenvalue weighted by Gasteiger charge is 2.14. The molecule has 0 atom stereocenters. The van der Waals surface area contributed by atoms with Gasteiger partial charge in [0.05, 0.1) is 12.7 Å². The lowest BCUT2D eigenvalue weighted by atomic mass is 10.0. The quantitative estimate of drug-likeness (QED) is 0.571. The molecular formula is C21H23NO5. The number of ketones is 1. The van der Waals surface area contributed by atoms with Gasteiger partial charge in [0.2, 0.25) is 0 Å². The van der Waals surface area contributed by atoms with Gasteiger partial charge in [-0.2, -0.15) is 0 Å². The highest BCUT2D eigenvalue weighted by Crippen LogP contribution is 2.17. The third kappa shape index (κ3) is 5.67. The lowest BCUT2D eigenvalue weighted by Crippen LogP contribution is -2.31. The molecule has 2 aromatic rings. The number of benzene rings is 2. The smallest absolute Gasteiger partial charge is 0.325 e. The fraction of sp³-hybridized carbons (Fsp3) is 0.286. The van der Waals surface area contributed by atoms with Crippen LogP contribution in [0, 0.1) is 0 Å². The van der Waals surface area contributed by atoms with E-state index in [1.165, 1.54) is 7.11 Å². The first-order valence-electron chi connectivity index (χ1n) is 8.62. The Labute approximate surface area is 158 Å². The number of carbonyl (C=O) groups excluding carboxylic acids is 3. The van der Waals surface area contributed by atoms with Crippen molar-refractivity contribution >= 4 is 17.7 Å². The van der Waals surface area contributed by atoms with E-state index in [0.717, 1.165) is 5.56 Å². The predicted molar refractivity (Wildman–Crippen MR) is 101 cm³/mol. The molecule has 0 saturated heterocycles. The standard InChI is InChI=1S/C21H23NO5/c1-14(2)15-8-10-16(11-9-15)18(23)13-27-20(24)12-22-21(25)17-6-4-5-7-19(17)26-3/h4-11,14H,12-13H2,1-3H3,(H,22,25). The first-order chi connectivity index (χ1) is 12.9. The van der Waals surface area contributed by atoms with Gasteiger partial charge in [-0.05, 0) is 23.6 Å². The first kappa shape index (κ1) is 20.2. The molecule has 2 aromatic carbocycles. The van der Waals surface area contributed by atoms with Gasteiger partial charge in [-0.1, -0.05) is 50.2 Å². The van der Waals surface area contributed by atoms with Crippen LogP contribution in [0.15, 0.2) is 48.5 Å². The summed E-state index contributed by atoms with van der Waals surface area (Å²) < 4.78 is 10.0. The highest BCUT2D eigenvalue weighted by atomic mass is 16.5. The Bertz CT molecular complexity index is 812. The topological polar surface area (TPSA) is 81.7 Å². The van der Waals surface area contributed by atoms with Crippen molar-refractivity contribution in [1.82, 2.24) is 5.32 Å². The van der Waals surface area contributed by atoms with Gasteiger partial charge in [-0.25, -0.2) is 0 Å². The summed E-state index contributed by atoms with van der Waals surface area (Å²) in [6, 6.07) is 13.9. The third-order valence-electron chi connectivity index (χ3n) is 4.01. The fourth-order valence-electron chi connectivity index (χ4n) is 2.41. The summed E-state index contributed by atoms with van der Waals surface area (Å²) in [5, 5.41) is 2.45. The van der Waals surface area contributed by atoms with E-state index < -0.39 is 11.9 Å². The number of rotatable bonds is 8. The fourth-order valence-corrected chi connectivity index (χ4v) is 2.41. The van der Waals surface area contributed by atoms with E-state index in [9.17, 15) is 14.4 Å². The van der Waals surface area contributed by atoms with Crippen LogP contribution in [-0.4, -0.2) is 37.9 Å². The van der Waals surface area contributed by atoms with Crippen LogP contribution in [0.5, 0.6) is 5.75 Å². The molecule has 0 saturated carbocycles. The zero-order valence-corrected chi connectivity index (χ0v) is 15.7. The molecule has 0 heterocycles. The summed E-state index contributed by atoms with van der Waals surface area (Å²) in [5.41, 5.74) is 1.92. The van der Waals surface area contributed by atoms with Crippen LogP contribution in [0.3, 0.4) is 0 Å². The summed E-state index contributed by atoms with van der Waals surface area (Å²) in [7, 11) is 1.46.